The first-order chi connectivity index (χ1) is 12.8. The Hall–Kier alpha value is -3.07. The van der Waals surface area contributed by atoms with Gasteiger partial charge in [-0.25, -0.2) is 0 Å². The van der Waals surface area contributed by atoms with Crippen molar-refractivity contribution in [1.29, 1.82) is 0 Å². The summed E-state index contributed by atoms with van der Waals surface area (Å²) in [5, 5.41) is 0. The maximum absolute atomic E-state index is 12.0. The third kappa shape index (κ3) is 4.73. The fraction of sp³-hybridized carbons (Fsp3) is 0.174. The van der Waals surface area contributed by atoms with Gasteiger partial charge in [0, 0.05) is 12.0 Å². The van der Waals surface area contributed by atoms with Gasteiger partial charge in [0.1, 0.15) is 12.4 Å². The Bertz CT molecular complexity index is 842. The van der Waals surface area contributed by atoms with Crippen LogP contribution in [0, 0.1) is 0 Å². The van der Waals surface area contributed by atoms with Gasteiger partial charge in [0.05, 0.1) is 7.11 Å². The molecule has 3 nitrogen and oxygen atoms in total. The molecule has 0 amide bonds. The number of ether oxygens (including phenoxy) is 2. The molecule has 0 aromatic heterocycles. The van der Waals surface area contributed by atoms with Gasteiger partial charge in [0.15, 0.2) is 0 Å². The largest absolute Gasteiger partial charge is 0.496 e. The van der Waals surface area contributed by atoms with E-state index in [1.807, 2.05) is 60.7 Å². The van der Waals surface area contributed by atoms with Gasteiger partial charge in [-0.3, -0.25) is 4.79 Å². The van der Waals surface area contributed by atoms with E-state index in [-0.39, 0.29) is 5.97 Å². The van der Waals surface area contributed by atoms with Gasteiger partial charge in [-0.05, 0) is 35.2 Å². The third-order valence-electron chi connectivity index (χ3n) is 4.21. The van der Waals surface area contributed by atoms with Crippen LogP contribution < -0.4 is 4.74 Å². The van der Waals surface area contributed by atoms with Crippen LogP contribution in [0.15, 0.2) is 78.9 Å². The lowest BCUT2D eigenvalue weighted by molar-refractivity contribution is -0.144. The standard InChI is InChI=1S/C23H22O3/c1-25-22-14-12-18(16-21(22)20-10-6-3-7-11-20)13-15-23(24)26-17-19-8-4-2-5-9-19/h2-12,14,16H,13,15,17H2,1H3. The summed E-state index contributed by atoms with van der Waals surface area (Å²) in [5.74, 6) is 0.637. The van der Waals surface area contributed by atoms with Gasteiger partial charge in [0.2, 0.25) is 0 Å². The zero-order chi connectivity index (χ0) is 18.2. The Morgan fingerprint density at radius 2 is 1.54 bits per heavy atom. The third-order valence-corrected chi connectivity index (χ3v) is 4.21. The van der Waals surface area contributed by atoms with Crippen molar-refractivity contribution in [1.82, 2.24) is 0 Å². The minimum Gasteiger partial charge on any atom is -0.496 e. The summed E-state index contributed by atoms with van der Waals surface area (Å²) in [4.78, 5) is 12.0. The molecule has 0 spiro atoms. The molecule has 3 aromatic rings. The van der Waals surface area contributed by atoms with E-state index in [1.54, 1.807) is 7.11 Å². The first kappa shape index (κ1) is 17.7. The van der Waals surface area contributed by atoms with Crippen molar-refractivity contribution in [2.24, 2.45) is 0 Å². The van der Waals surface area contributed by atoms with Gasteiger partial charge in [-0.1, -0.05) is 66.7 Å². The summed E-state index contributed by atoms with van der Waals surface area (Å²) in [6.07, 6.45) is 0.991. The summed E-state index contributed by atoms with van der Waals surface area (Å²) in [5.41, 5.74) is 4.21. The molecule has 3 aromatic carbocycles. The predicted octanol–water partition coefficient (Wildman–Crippen LogP) is 5.04. The molecule has 0 aliphatic heterocycles. The molecular formula is C23H22O3. The molecule has 0 bridgehead atoms. The Labute approximate surface area is 154 Å². The summed E-state index contributed by atoms with van der Waals surface area (Å²) in [6.45, 7) is 0.317. The zero-order valence-corrected chi connectivity index (χ0v) is 14.9. The molecule has 0 aliphatic rings. The first-order valence-corrected chi connectivity index (χ1v) is 8.68. The lowest BCUT2D eigenvalue weighted by atomic mass is 10.00. The van der Waals surface area contributed by atoms with Crippen LogP contribution in [-0.2, 0) is 22.6 Å². The van der Waals surface area contributed by atoms with Crippen LogP contribution in [0.2, 0.25) is 0 Å². The Morgan fingerprint density at radius 3 is 2.23 bits per heavy atom. The molecule has 0 unspecified atom stereocenters. The number of esters is 1. The number of carbonyl (C=O) groups is 1. The monoisotopic (exact) mass is 346 g/mol. The molecule has 0 aliphatic carbocycles. The minimum atomic E-state index is -0.189. The quantitative estimate of drug-likeness (QED) is 0.562. The van der Waals surface area contributed by atoms with E-state index >= 15 is 0 Å². The second-order valence-electron chi connectivity index (χ2n) is 6.05. The molecule has 0 heterocycles. The average Bonchev–Trinajstić information content (AvgIpc) is 2.72. The molecule has 0 fully saturated rings. The molecular weight excluding hydrogens is 324 g/mol. The fourth-order valence-electron chi connectivity index (χ4n) is 2.81. The molecule has 0 radical (unpaired) electrons. The SMILES string of the molecule is COc1ccc(CCC(=O)OCc2ccccc2)cc1-c1ccccc1. The van der Waals surface area contributed by atoms with Crippen LogP contribution in [0.4, 0.5) is 0 Å². The molecule has 3 heteroatoms. The second-order valence-corrected chi connectivity index (χ2v) is 6.05. The number of rotatable bonds is 7. The smallest absolute Gasteiger partial charge is 0.306 e. The summed E-state index contributed by atoms with van der Waals surface area (Å²) < 4.78 is 10.8. The highest BCUT2D eigenvalue weighted by Gasteiger charge is 2.09. The molecule has 0 atom stereocenters. The number of benzene rings is 3. The second kappa shape index (κ2) is 8.86. The highest BCUT2D eigenvalue weighted by Crippen LogP contribution is 2.31. The fourth-order valence-corrected chi connectivity index (χ4v) is 2.81. The highest BCUT2D eigenvalue weighted by atomic mass is 16.5. The summed E-state index contributed by atoms with van der Waals surface area (Å²) in [6, 6.07) is 25.8. The van der Waals surface area contributed by atoms with Gasteiger partial charge >= 0.3 is 5.97 Å². The molecule has 26 heavy (non-hydrogen) atoms. The Morgan fingerprint density at radius 1 is 0.846 bits per heavy atom. The van der Waals surface area contributed by atoms with Gasteiger partial charge in [-0.15, -0.1) is 0 Å². The molecule has 132 valence electrons. The predicted molar refractivity (Wildman–Crippen MR) is 103 cm³/mol. The summed E-state index contributed by atoms with van der Waals surface area (Å²) >= 11 is 0. The Kier molecular flexibility index (Phi) is 6.05. The van der Waals surface area contributed by atoms with Crippen molar-refractivity contribution in [2.45, 2.75) is 19.4 Å². The van der Waals surface area contributed by atoms with E-state index in [1.165, 1.54) is 0 Å². The van der Waals surface area contributed by atoms with Crippen LogP contribution >= 0.6 is 0 Å². The lowest BCUT2D eigenvalue weighted by Gasteiger charge is -2.11. The molecule has 0 N–H and O–H groups in total. The summed E-state index contributed by atoms with van der Waals surface area (Å²) in [7, 11) is 1.67. The Balaban J connectivity index is 1.62. The van der Waals surface area contributed by atoms with Crippen molar-refractivity contribution >= 4 is 5.97 Å². The van der Waals surface area contributed by atoms with E-state index in [9.17, 15) is 4.79 Å². The first-order valence-electron chi connectivity index (χ1n) is 8.68. The van der Waals surface area contributed by atoms with Gasteiger partial charge in [0.25, 0.3) is 0 Å². The van der Waals surface area contributed by atoms with Crippen molar-refractivity contribution in [3.63, 3.8) is 0 Å². The van der Waals surface area contributed by atoms with Gasteiger partial charge in [-0.2, -0.15) is 0 Å². The lowest BCUT2D eigenvalue weighted by Crippen LogP contribution is -2.06. The molecule has 0 saturated carbocycles. The number of aryl methyl sites for hydroxylation is 1. The van der Waals surface area contributed by atoms with Crippen LogP contribution in [0.1, 0.15) is 17.5 Å². The van der Waals surface area contributed by atoms with E-state index in [2.05, 4.69) is 18.2 Å². The molecule has 3 rings (SSSR count). The highest BCUT2D eigenvalue weighted by molar-refractivity contribution is 5.72. The number of methoxy groups -OCH3 is 1. The van der Waals surface area contributed by atoms with E-state index in [4.69, 9.17) is 9.47 Å². The van der Waals surface area contributed by atoms with E-state index in [0.717, 1.165) is 28.0 Å². The van der Waals surface area contributed by atoms with Crippen LogP contribution in [0.3, 0.4) is 0 Å². The number of hydrogen-bond acceptors (Lipinski definition) is 3. The topological polar surface area (TPSA) is 35.5 Å². The molecule has 0 saturated heterocycles. The minimum absolute atomic E-state index is 0.189. The maximum Gasteiger partial charge on any atom is 0.306 e. The van der Waals surface area contributed by atoms with Crippen LogP contribution in [-0.4, -0.2) is 13.1 Å². The van der Waals surface area contributed by atoms with E-state index in [0.29, 0.717) is 19.4 Å². The van der Waals surface area contributed by atoms with Crippen molar-refractivity contribution in [3.05, 3.63) is 90.0 Å². The van der Waals surface area contributed by atoms with Gasteiger partial charge < -0.3 is 9.47 Å². The number of carbonyl (C=O) groups excluding carboxylic acids is 1. The zero-order valence-electron chi connectivity index (χ0n) is 14.9. The van der Waals surface area contributed by atoms with Crippen LogP contribution in [0.5, 0.6) is 5.75 Å². The van der Waals surface area contributed by atoms with Crippen molar-refractivity contribution in [2.75, 3.05) is 7.11 Å². The normalized spacial score (nSPS) is 10.3. The average molecular weight is 346 g/mol. The number of hydrogen-bond donors (Lipinski definition) is 0. The van der Waals surface area contributed by atoms with E-state index < -0.39 is 0 Å². The van der Waals surface area contributed by atoms with Crippen molar-refractivity contribution < 1.29 is 14.3 Å². The maximum atomic E-state index is 12.0. The van der Waals surface area contributed by atoms with Crippen molar-refractivity contribution in [3.8, 4) is 16.9 Å². The van der Waals surface area contributed by atoms with Crippen LogP contribution in [0.25, 0.3) is 11.1 Å².